The van der Waals surface area contributed by atoms with Gasteiger partial charge in [0.2, 0.25) is 0 Å². The number of hydrogen-bond donors (Lipinski definition) is 1. The fourth-order valence-electron chi connectivity index (χ4n) is 3.61. The maximum Gasteiger partial charge on any atom is 0.261 e. The monoisotopic (exact) mass is 380 g/mol. The summed E-state index contributed by atoms with van der Waals surface area (Å²) in [4.78, 5) is 15.0. The largest absolute Gasteiger partial charge is 0.481 e. The van der Waals surface area contributed by atoms with Gasteiger partial charge in [0.15, 0.2) is 6.10 Å². The van der Waals surface area contributed by atoms with Crippen molar-refractivity contribution in [2.45, 2.75) is 59.2 Å². The summed E-state index contributed by atoms with van der Waals surface area (Å²) in [5.74, 6) is 0.641. The van der Waals surface area contributed by atoms with E-state index in [1.54, 1.807) is 6.92 Å². The maximum atomic E-state index is 12.5. The summed E-state index contributed by atoms with van der Waals surface area (Å²) in [7, 11) is 0. The predicted octanol–water partition coefficient (Wildman–Crippen LogP) is 4.37. The van der Waals surface area contributed by atoms with Crippen molar-refractivity contribution in [1.29, 1.82) is 0 Å². The minimum atomic E-state index is -0.531. The van der Waals surface area contributed by atoms with Gasteiger partial charge in [0.05, 0.1) is 0 Å². The molecule has 1 atom stereocenters. The van der Waals surface area contributed by atoms with Gasteiger partial charge in [-0.15, -0.1) is 0 Å². The molecule has 0 aliphatic carbocycles. The van der Waals surface area contributed by atoms with Crippen LogP contribution in [-0.2, 0) is 17.9 Å². The Hall–Kier alpha value is -2.33. The molecule has 2 aromatic rings. The van der Waals surface area contributed by atoms with E-state index in [9.17, 15) is 4.79 Å². The minimum absolute atomic E-state index is 0.0917. The number of benzene rings is 2. The topological polar surface area (TPSA) is 41.6 Å². The second kappa shape index (κ2) is 9.74. The number of ether oxygens (including phenoxy) is 1. The zero-order valence-electron chi connectivity index (χ0n) is 17.3. The van der Waals surface area contributed by atoms with Crippen molar-refractivity contribution in [3.05, 3.63) is 64.7 Å². The summed E-state index contributed by atoms with van der Waals surface area (Å²) in [6.45, 7) is 9.74. The summed E-state index contributed by atoms with van der Waals surface area (Å²) in [6.07, 6.45) is 3.38. The molecule has 1 N–H and O–H groups in total. The smallest absolute Gasteiger partial charge is 0.261 e. The summed E-state index contributed by atoms with van der Waals surface area (Å²) in [5, 5.41) is 3.04. The van der Waals surface area contributed by atoms with Gasteiger partial charge in [0.1, 0.15) is 5.75 Å². The van der Waals surface area contributed by atoms with Crippen molar-refractivity contribution in [2.75, 3.05) is 13.1 Å². The molecule has 1 fully saturated rings. The molecule has 1 aliphatic rings. The number of piperidine rings is 1. The van der Waals surface area contributed by atoms with Gasteiger partial charge in [-0.25, -0.2) is 0 Å². The van der Waals surface area contributed by atoms with E-state index in [4.69, 9.17) is 4.74 Å². The second-order valence-corrected chi connectivity index (χ2v) is 7.83. The average molecular weight is 381 g/mol. The highest BCUT2D eigenvalue weighted by atomic mass is 16.5. The standard InChI is InChI=1S/C24H32N2O2/c1-18-11-12-23(15-19(18)2)28-20(3)24(27)25-16-21-9-5-6-10-22(21)17-26-13-7-4-8-14-26/h5-6,9-12,15,20H,4,7-8,13-14,16-17H2,1-3H3,(H,25,27)/t20-/m1/s1. The van der Waals surface area contributed by atoms with E-state index < -0.39 is 6.10 Å². The number of carbonyl (C=O) groups is 1. The summed E-state index contributed by atoms with van der Waals surface area (Å²) >= 11 is 0. The maximum absolute atomic E-state index is 12.5. The van der Waals surface area contributed by atoms with Crippen LogP contribution < -0.4 is 10.1 Å². The molecule has 0 aromatic heterocycles. The SMILES string of the molecule is Cc1ccc(O[C@H](C)C(=O)NCc2ccccc2CN2CCCCC2)cc1C. The Kier molecular flexibility index (Phi) is 7.10. The number of hydrogen-bond acceptors (Lipinski definition) is 3. The van der Waals surface area contributed by atoms with Crippen LogP contribution in [0, 0.1) is 13.8 Å². The third-order valence-corrected chi connectivity index (χ3v) is 5.57. The molecule has 0 spiro atoms. The molecule has 28 heavy (non-hydrogen) atoms. The van der Waals surface area contributed by atoms with Gasteiger partial charge in [-0.2, -0.15) is 0 Å². The second-order valence-electron chi connectivity index (χ2n) is 7.83. The molecule has 1 aliphatic heterocycles. The highest BCUT2D eigenvalue weighted by molar-refractivity contribution is 5.80. The fraction of sp³-hybridized carbons (Fsp3) is 0.458. The molecule has 1 saturated heterocycles. The number of rotatable bonds is 7. The Morgan fingerprint density at radius 3 is 2.46 bits per heavy atom. The van der Waals surface area contributed by atoms with Crippen molar-refractivity contribution < 1.29 is 9.53 Å². The van der Waals surface area contributed by atoms with E-state index in [1.165, 1.54) is 49.0 Å². The molecule has 0 bridgehead atoms. The number of nitrogens with one attached hydrogen (secondary N) is 1. The van der Waals surface area contributed by atoms with Gasteiger partial charge in [-0.05, 0) is 81.1 Å². The van der Waals surface area contributed by atoms with Gasteiger partial charge < -0.3 is 10.1 Å². The van der Waals surface area contributed by atoms with Crippen molar-refractivity contribution in [3.8, 4) is 5.75 Å². The Bertz CT molecular complexity index is 797. The molecule has 4 heteroatoms. The van der Waals surface area contributed by atoms with Crippen LogP contribution in [0.15, 0.2) is 42.5 Å². The molecule has 0 radical (unpaired) electrons. The van der Waals surface area contributed by atoms with Crippen molar-refractivity contribution >= 4 is 5.91 Å². The van der Waals surface area contributed by atoms with E-state index in [0.29, 0.717) is 6.54 Å². The van der Waals surface area contributed by atoms with Gasteiger partial charge in [0, 0.05) is 13.1 Å². The number of likely N-dealkylation sites (tertiary alicyclic amines) is 1. The molecular weight excluding hydrogens is 348 g/mol. The van der Waals surface area contributed by atoms with Crippen LogP contribution in [0.25, 0.3) is 0 Å². The van der Waals surface area contributed by atoms with E-state index >= 15 is 0 Å². The Morgan fingerprint density at radius 1 is 1.04 bits per heavy atom. The first-order chi connectivity index (χ1) is 13.5. The molecule has 4 nitrogen and oxygen atoms in total. The number of aryl methyl sites for hydroxylation is 2. The first-order valence-corrected chi connectivity index (χ1v) is 10.3. The Labute approximate surface area is 168 Å². The predicted molar refractivity (Wildman–Crippen MR) is 113 cm³/mol. The third-order valence-electron chi connectivity index (χ3n) is 5.57. The van der Waals surface area contributed by atoms with Crippen LogP contribution in [0.5, 0.6) is 5.75 Å². The van der Waals surface area contributed by atoms with E-state index in [2.05, 4.69) is 35.3 Å². The molecule has 1 heterocycles. The van der Waals surface area contributed by atoms with Gasteiger partial charge in [-0.3, -0.25) is 9.69 Å². The van der Waals surface area contributed by atoms with Crippen LogP contribution >= 0.6 is 0 Å². The van der Waals surface area contributed by atoms with Gasteiger partial charge in [0.25, 0.3) is 5.91 Å². The van der Waals surface area contributed by atoms with E-state index in [0.717, 1.165) is 17.9 Å². The number of carbonyl (C=O) groups excluding carboxylic acids is 1. The molecule has 2 aromatic carbocycles. The van der Waals surface area contributed by atoms with Gasteiger partial charge >= 0.3 is 0 Å². The molecule has 3 rings (SSSR count). The minimum Gasteiger partial charge on any atom is -0.481 e. The lowest BCUT2D eigenvalue weighted by Crippen LogP contribution is -2.36. The third kappa shape index (κ3) is 5.59. The fourth-order valence-corrected chi connectivity index (χ4v) is 3.61. The number of amides is 1. The quantitative estimate of drug-likeness (QED) is 0.775. The van der Waals surface area contributed by atoms with Crippen molar-refractivity contribution in [1.82, 2.24) is 10.2 Å². The molecule has 0 saturated carbocycles. The Morgan fingerprint density at radius 2 is 1.75 bits per heavy atom. The Balaban J connectivity index is 1.55. The lowest BCUT2D eigenvalue weighted by molar-refractivity contribution is -0.127. The van der Waals surface area contributed by atoms with E-state index in [-0.39, 0.29) is 5.91 Å². The highest BCUT2D eigenvalue weighted by Gasteiger charge is 2.16. The van der Waals surface area contributed by atoms with Crippen LogP contribution in [0.3, 0.4) is 0 Å². The summed E-state index contributed by atoms with van der Waals surface area (Å²) in [6, 6.07) is 14.3. The van der Waals surface area contributed by atoms with E-state index in [1.807, 2.05) is 31.2 Å². The molecule has 150 valence electrons. The van der Waals surface area contributed by atoms with Gasteiger partial charge in [-0.1, -0.05) is 36.8 Å². The van der Waals surface area contributed by atoms with Crippen LogP contribution in [0.2, 0.25) is 0 Å². The van der Waals surface area contributed by atoms with Crippen LogP contribution in [0.4, 0.5) is 0 Å². The average Bonchev–Trinajstić information content (AvgIpc) is 2.70. The first kappa shape index (κ1) is 20.4. The first-order valence-electron chi connectivity index (χ1n) is 10.3. The van der Waals surface area contributed by atoms with Crippen LogP contribution in [-0.4, -0.2) is 30.0 Å². The van der Waals surface area contributed by atoms with Crippen molar-refractivity contribution in [3.63, 3.8) is 0 Å². The highest BCUT2D eigenvalue weighted by Crippen LogP contribution is 2.18. The van der Waals surface area contributed by atoms with Crippen molar-refractivity contribution in [2.24, 2.45) is 0 Å². The lowest BCUT2D eigenvalue weighted by Gasteiger charge is -2.27. The normalized spacial score (nSPS) is 15.8. The molecule has 1 amide bonds. The lowest BCUT2D eigenvalue weighted by atomic mass is 10.0. The zero-order valence-corrected chi connectivity index (χ0v) is 17.3. The molecule has 0 unspecified atom stereocenters. The summed E-state index contributed by atoms with van der Waals surface area (Å²) < 4.78 is 5.83. The molecular formula is C24H32N2O2. The zero-order chi connectivity index (χ0) is 19.9. The number of nitrogens with zero attached hydrogens (tertiary/aromatic N) is 1. The summed E-state index contributed by atoms with van der Waals surface area (Å²) in [5.41, 5.74) is 4.86. The van der Waals surface area contributed by atoms with Crippen LogP contribution in [0.1, 0.15) is 48.4 Å².